The van der Waals surface area contributed by atoms with Gasteiger partial charge in [0.1, 0.15) is 11.6 Å². The number of rotatable bonds is 2. The van der Waals surface area contributed by atoms with Gasteiger partial charge in [0.05, 0.1) is 21.7 Å². The highest BCUT2D eigenvalue weighted by Crippen LogP contribution is 2.31. The lowest BCUT2D eigenvalue weighted by molar-refractivity contribution is 0.627. The monoisotopic (exact) mass is 303 g/mol. The minimum Gasteiger partial charge on any atom is -0.399 e. The molecule has 0 radical (unpaired) electrons. The second-order valence-electron chi connectivity index (χ2n) is 5.30. The second-order valence-corrected chi connectivity index (χ2v) is 5.71. The van der Waals surface area contributed by atoms with Crippen molar-refractivity contribution in [3.8, 4) is 5.69 Å². The highest BCUT2D eigenvalue weighted by atomic mass is 35.5. The zero-order valence-electron chi connectivity index (χ0n) is 11.8. The lowest BCUT2D eigenvalue weighted by Crippen LogP contribution is -2.04. The van der Waals surface area contributed by atoms with Crippen LogP contribution < -0.4 is 5.73 Å². The van der Waals surface area contributed by atoms with Crippen molar-refractivity contribution in [2.24, 2.45) is 0 Å². The molecule has 1 aromatic heterocycles. The number of nitrogens with zero attached hydrogens (tertiary/aromatic N) is 2. The molecule has 0 unspecified atom stereocenters. The van der Waals surface area contributed by atoms with Crippen molar-refractivity contribution in [1.29, 1.82) is 0 Å². The van der Waals surface area contributed by atoms with Crippen LogP contribution in [0.1, 0.15) is 25.6 Å². The fourth-order valence-corrected chi connectivity index (χ4v) is 2.67. The predicted octanol–water partition coefficient (Wildman–Crippen LogP) is 4.52. The molecular formula is C16H15ClFN3. The molecule has 3 rings (SSSR count). The van der Waals surface area contributed by atoms with Crippen LogP contribution >= 0.6 is 11.6 Å². The third-order valence-electron chi connectivity index (χ3n) is 3.37. The Labute approximate surface area is 127 Å². The maximum absolute atomic E-state index is 13.3. The van der Waals surface area contributed by atoms with Crippen molar-refractivity contribution < 1.29 is 4.39 Å². The van der Waals surface area contributed by atoms with Crippen LogP contribution in [-0.2, 0) is 0 Å². The van der Waals surface area contributed by atoms with Gasteiger partial charge in [0.2, 0.25) is 0 Å². The topological polar surface area (TPSA) is 43.8 Å². The van der Waals surface area contributed by atoms with Crippen LogP contribution in [0.2, 0.25) is 5.02 Å². The predicted molar refractivity (Wildman–Crippen MR) is 84.5 cm³/mol. The largest absolute Gasteiger partial charge is 0.399 e. The van der Waals surface area contributed by atoms with Gasteiger partial charge in [0, 0.05) is 11.6 Å². The van der Waals surface area contributed by atoms with Gasteiger partial charge in [-0.05, 0) is 36.4 Å². The van der Waals surface area contributed by atoms with Gasteiger partial charge in [-0.2, -0.15) is 0 Å². The molecule has 0 saturated carbocycles. The SMILES string of the molecule is CC(C)c1nc2cc(N)ccc2n1-c1ccc(F)cc1Cl. The molecule has 5 heteroatoms. The van der Waals surface area contributed by atoms with Crippen molar-refractivity contribution in [3.63, 3.8) is 0 Å². The van der Waals surface area contributed by atoms with Crippen LogP contribution in [0.5, 0.6) is 0 Å². The molecule has 21 heavy (non-hydrogen) atoms. The first-order valence-electron chi connectivity index (χ1n) is 6.70. The van der Waals surface area contributed by atoms with E-state index in [-0.39, 0.29) is 11.7 Å². The fourth-order valence-electron chi connectivity index (χ4n) is 2.42. The van der Waals surface area contributed by atoms with E-state index < -0.39 is 0 Å². The van der Waals surface area contributed by atoms with E-state index in [1.807, 2.05) is 22.8 Å². The Bertz CT molecular complexity index is 824. The van der Waals surface area contributed by atoms with E-state index in [1.54, 1.807) is 6.07 Å². The molecule has 0 aliphatic carbocycles. The average Bonchev–Trinajstić information content (AvgIpc) is 2.77. The van der Waals surface area contributed by atoms with Crippen LogP contribution in [0, 0.1) is 5.82 Å². The van der Waals surface area contributed by atoms with Crippen molar-refractivity contribution in [2.45, 2.75) is 19.8 Å². The molecule has 0 bridgehead atoms. The zero-order valence-corrected chi connectivity index (χ0v) is 12.5. The van der Waals surface area contributed by atoms with E-state index in [1.165, 1.54) is 12.1 Å². The molecule has 0 atom stereocenters. The van der Waals surface area contributed by atoms with Crippen molar-refractivity contribution in [3.05, 3.63) is 53.1 Å². The molecule has 2 aromatic carbocycles. The first-order valence-corrected chi connectivity index (χ1v) is 7.08. The van der Waals surface area contributed by atoms with E-state index in [9.17, 15) is 4.39 Å². The third-order valence-corrected chi connectivity index (χ3v) is 3.67. The molecule has 0 aliphatic heterocycles. The Hall–Kier alpha value is -2.07. The minimum atomic E-state index is -0.358. The quantitative estimate of drug-likeness (QED) is 0.707. The highest BCUT2D eigenvalue weighted by Gasteiger charge is 2.17. The van der Waals surface area contributed by atoms with Crippen LogP contribution in [0.4, 0.5) is 10.1 Å². The summed E-state index contributed by atoms with van der Waals surface area (Å²) >= 11 is 6.22. The normalized spacial score (nSPS) is 11.5. The summed E-state index contributed by atoms with van der Waals surface area (Å²) in [6.07, 6.45) is 0. The maximum Gasteiger partial charge on any atom is 0.124 e. The van der Waals surface area contributed by atoms with Crippen molar-refractivity contribution >= 4 is 28.3 Å². The fraction of sp³-hybridized carbons (Fsp3) is 0.188. The molecule has 3 aromatic rings. The van der Waals surface area contributed by atoms with Crippen molar-refractivity contribution in [1.82, 2.24) is 9.55 Å². The summed E-state index contributed by atoms with van der Waals surface area (Å²) in [5.74, 6) is 0.701. The summed E-state index contributed by atoms with van der Waals surface area (Å²) in [4.78, 5) is 4.64. The number of anilines is 1. The molecular weight excluding hydrogens is 289 g/mol. The first kappa shape index (κ1) is 13.9. The number of hydrogen-bond donors (Lipinski definition) is 1. The first-order chi connectivity index (χ1) is 9.97. The van der Waals surface area contributed by atoms with E-state index in [0.29, 0.717) is 16.4 Å². The molecule has 2 N–H and O–H groups in total. The number of aromatic nitrogens is 2. The third kappa shape index (κ3) is 2.36. The highest BCUT2D eigenvalue weighted by molar-refractivity contribution is 6.32. The summed E-state index contributed by atoms with van der Waals surface area (Å²) in [6.45, 7) is 4.11. The van der Waals surface area contributed by atoms with E-state index in [4.69, 9.17) is 17.3 Å². The molecule has 108 valence electrons. The Morgan fingerprint density at radius 2 is 1.95 bits per heavy atom. The van der Waals surface area contributed by atoms with Gasteiger partial charge >= 0.3 is 0 Å². The Morgan fingerprint density at radius 1 is 1.19 bits per heavy atom. The number of hydrogen-bond acceptors (Lipinski definition) is 2. The average molecular weight is 304 g/mol. The van der Waals surface area contributed by atoms with Gasteiger partial charge in [-0.15, -0.1) is 0 Å². The van der Waals surface area contributed by atoms with Gasteiger partial charge in [0.25, 0.3) is 0 Å². The number of nitrogen functional groups attached to an aromatic ring is 1. The molecule has 0 spiro atoms. The van der Waals surface area contributed by atoms with Gasteiger partial charge in [0.15, 0.2) is 0 Å². The summed E-state index contributed by atoms with van der Waals surface area (Å²) in [7, 11) is 0. The minimum absolute atomic E-state index is 0.194. The Morgan fingerprint density at radius 3 is 2.62 bits per heavy atom. The molecule has 0 fully saturated rings. The number of halogens is 2. The van der Waals surface area contributed by atoms with Gasteiger partial charge in [-0.3, -0.25) is 4.57 Å². The lowest BCUT2D eigenvalue weighted by Gasteiger charge is -2.13. The number of fused-ring (bicyclic) bond motifs is 1. The summed E-state index contributed by atoms with van der Waals surface area (Å²) in [5.41, 5.74) is 8.91. The lowest BCUT2D eigenvalue weighted by atomic mass is 10.2. The second kappa shape index (κ2) is 5.04. The Balaban J connectivity index is 2.36. The maximum atomic E-state index is 13.3. The van der Waals surface area contributed by atoms with Crippen molar-refractivity contribution in [2.75, 3.05) is 5.73 Å². The number of benzene rings is 2. The van der Waals surface area contributed by atoms with Gasteiger partial charge in [-0.1, -0.05) is 25.4 Å². The summed E-state index contributed by atoms with van der Waals surface area (Å²) in [6, 6.07) is 9.93. The molecule has 1 heterocycles. The van der Waals surface area contributed by atoms with Crippen LogP contribution in [-0.4, -0.2) is 9.55 Å². The van der Waals surface area contributed by atoms with Gasteiger partial charge in [-0.25, -0.2) is 9.37 Å². The molecule has 3 nitrogen and oxygen atoms in total. The zero-order chi connectivity index (χ0) is 15.1. The summed E-state index contributed by atoms with van der Waals surface area (Å²) in [5, 5.41) is 0.355. The van der Waals surface area contributed by atoms with Gasteiger partial charge < -0.3 is 5.73 Å². The standard InChI is InChI=1S/C16H15ClFN3/c1-9(2)16-20-13-8-11(19)4-6-15(13)21(16)14-5-3-10(18)7-12(14)17/h3-9H,19H2,1-2H3. The smallest absolute Gasteiger partial charge is 0.124 e. The number of imidazole rings is 1. The molecule has 0 aliphatic rings. The molecule has 0 amide bonds. The summed E-state index contributed by atoms with van der Waals surface area (Å²) < 4.78 is 15.2. The van der Waals surface area contributed by atoms with E-state index >= 15 is 0 Å². The Kier molecular flexibility index (Phi) is 3.33. The number of nitrogens with two attached hydrogens (primary N) is 1. The van der Waals surface area contributed by atoms with Crippen LogP contribution in [0.25, 0.3) is 16.7 Å². The van der Waals surface area contributed by atoms with E-state index in [2.05, 4.69) is 18.8 Å². The van der Waals surface area contributed by atoms with Crippen LogP contribution in [0.3, 0.4) is 0 Å². The van der Waals surface area contributed by atoms with E-state index in [0.717, 1.165) is 16.9 Å². The van der Waals surface area contributed by atoms with Crippen LogP contribution in [0.15, 0.2) is 36.4 Å². The molecule has 0 saturated heterocycles.